The van der Waals surface area contributed by atoms with Gasteiger partial charge in [0.25, 0.3) is 0 Å². The molecule has 5 heteroatoms. The second-order valence-electron chi connectivity index (χ2n) is 16.3. The summed E-state index contributed by atoms with van der Waals surface area (Å²) in [7, 11) is 0. The number of rotatable bonds is 2. The van der Waals surface area contributed by atoms with E-state index >= 15 is 0 Å². The van der Waals surface area contributed by atoms with Crippen molar-refractivity contribution in [3.63, 3.8) is 0 Å². The second kappa shape index (κ2) is 8.59. The third-order valence-corrected chi connectivity index (χ3v) is 15.3. The first-order valence-electron chi connectivity index (χ1n) is 16.0. The Hall–Kier alpha value is -1.45. The topological polar surface area (TPSA) is 53.1 Å². The zero-order chi connectivity index (χ0) is 29.5. The number of nitrogens with one attached hydrogen (secondary N) is 1. The van der Waals surface area contributed by atoms with Crippen molar-refractivity contribution in [2.75, 3.05) is 0 Å². The minimum Gasteiger partial charge on any atom is -0.481 e. The summed E-state index contributed by atoms with van der Waals surface area (Å²) in [5.74, 6) is 1.59. The zero-order valence-electron chi connectivity index (χ0n) is 25.7. The maximum absolute atomic E-state index is 13.0. The number of carbonyl (C=O) groups is 1. The summed E-state index contributed by atoms with van der Waals surface area (Å²) in [4.78, 5) is 16.8. The molecule has 5 aliphatic carbocycles. The van der Waals surface area contributed by atoms with Gasteiger partial charge in [-0.1, -0.05) is 70.0 Å². The molecule has 4 fully saturated rings. The van der Waals surface area contributed by atoms with Gasteiger partial charge in [0.05, 0.1) is 10.4 Å². The van der Waals surface area contributed by atoms with E-state index in [4.69, 9.17) is 23.2 Å². The first-order valence-corrected chi connectivity index (χ1v) is 16.8. The molecule has 1 aromatic heterocycles. The summed E-state index contributed by atoms with van der Waals surface area (Å²) in [6.07, 6.45) is 9.45. The summed E-state index contributed by atoms with van der Waals surface area (Å²) < 4.78 is 0. The monoisotopic (exact) mass is 595 g/mol. The fraction of sp³-hybridized carbons (Fsp3) is 0.694. The van der Waals surface area contributed by atoms with Gasteiger partial charge in [-0.05, 0) is 128 Å². The predicted octanol–water partition coefficient (Wildman–Crippen LogP) is 10.2. The van der Waals surface area contributed by atoms with Crippen LogP contribution in [0.25, 0.3) is 10.9 Å². The number of hydrogen-bond acceptors (Lipinski definition) is 1. The van der Waals surface area contributed by atoms with Crippen molar-refractivity contribution >= 4 is 40.1 Å². The summed E-state index contributed by atoms with van der Waals surface area (Å²) in [5.41, 5.74) is 4.87. The van der Waals surface area contributed by atoms with Crippen LogP contribution in [-0.2, 0) is 16.6 Å². The molecule has 41 heavy (non-hydrogen) atoms. The highest BCUT2D eigenvalue weighted by molar-refractivity contribution is 6.38. The smallest absolute Gasteiger partial charge is 0.309 e. The Bertz CT molecular complexity index is 1490. The molecule has 0 bridgehead atoms. The number of aromatic nitrogens is 1. The van der Waals surface area contributed by atoms with Crippen molar-refractivity contribution in [2.45, 2.75) is 105 Å². The number of aromatic amines is 1. The first kappa shape index (κ1) is 28.3. The molecule has 1 aromatic carbocycles. The lowest BCUT2D eigenvalue weighted by atomic mass is 9.32. The molecular weight excluding hydrogens is 549 g/mol. The van der Waals surface area contributed by atoms with Crippen LogP contribution in [0.2, 0.25) is 10.0 Å². The molecule has 1 heterocycles. The molecule has 4 saturated carbocycles. The Labute approximate surface area is 255 Å². The minimum absolute atomic E-state index is 0.00221. The lowest BCUT2D eigenvalue weighted by Gasteiger charge is -2.72. The van der Waals surface area contributed by atoms with Crippen LogP contribution in [0.5, 0.6) is 0 Å². The molecule has 9 atom stereocenters. The van der Waals surface area contributed by atoms with Gasteiger partial charge in [-0.2, -0.15) is 0 Å². The molecule has 222 valence electrons. The standard InChI is InChI=1S/C36H47Cl2NO2/c1-19(2)21-10-13-36(31(40)41)15-14-34(6)23(29(21)36)8-9-27-33(5)18-22-28-24(38)16-20(37)17-25(28)39-30(22)32(3,4)26(33)11-12-35(27,34)7/h16-17,21,23,26-27,29,39H,1,8-15,18H2,2-7H3,(H,40,41)/t21-,23?,26?,27?,29?,33-,34+,35+,36-/m0/s1. The summed E-state index contributed by atoms with van der Waals surface area (Å²) >= 11 is 13.4. The van der Waals surface area contributed by atoms with Gasteiger partial charge in [0.2, 0.25) is 0 Å². The molecule has 5 aliphatic rings. The van der Waals surface area contributed by atoms with E-state index in [0.717, 1.165) is 54.5 Å². The Morgan fingerprint density at radius 3 is 2.37 bits per heavy atom. The number of fused-ring (bicyclic) bond motifs is 10. The zero-order valence-corrected chi connectivity index (χ0v) is 27.2. The van der Waals surface area contributed by atoms with E-state index in [2.05, 4.69) is 53.1 Å². The average Bonchev–Trinajstić information content (AvgIpc) is 3.44. The van der Waals surface area contributed by atoms with Crippen LogP contribution >= 0.6 is 23.2 Å². The first-order chi connectivity index (χ1) is 19.1. The normalized spacial score (nSPS) is 44.3. The fourth-order valence-corrected chi connectivity index (χ4v) is 13.5. The van der Waals surface area contributed by atoms with Crippen molar-refractivity contribution in [1.82, 2.24) is 4.98 Å². The number of carboxylic acid groups (broad SMARTS) is 1. The highest BCUT2D eigenvalue weighted by atomic mass is 35.5. The summed E-state index contributed by atoms with van der Waals surface area (Å²) in [5, 5.41) is 13.3. The third-order valence-electron chi connectivity index (χ3n) is 14.8. The van der Waals surface area contributed by atoms with E-state index in [9.17, 15) is 9.90 Å². The van der Waals surface area contributed by atoms with E-state index in [-0.39, 0.29) is 27.6 Å². The molecule has 4 unspecified atom stereocenters. The van der Waals surface area contributed by atoms with Gasteiger partial charge >= 0.3 is 5.97 Å². The van der Waals surface area contributed by atoms with Gasteiger partial charge in [0, 0.05) is 27.0 Å². The molecule has 0 radical (unpaired) electrons. The molecular formula is C36H47Cl2NO2. The van der Waals surface area contributed by atoms with E-state index < -0.39 is 11.4 Å². The van der Waals surface area contributed by atoms with Crippen LogP contribution in [0.4, 0.5) is 0 Å². The Kier molecular flexibility index (Phi) is 5.93. The molecule has 0 amide bonds. The SMILES string of the molecule is C=C(C)[C@@H]1CC[C@]2(C(=O)O)CC[C@]3(C)C(CCC4[C@@]5(C)Cc6c([nH]c7cc(Cl)cc(Cl)c67)C(C)(C)C5CC[C@]43C)C12. The third kappa shape index (κ3) is 3.32. The molecule has 7 rings (SSSR count). The molecule has 0 spiro atoms. The molecule has 0 aliphatic heterocycles. The largest absolute Gasteiger partial charge is 0.481 e. The van der Waals surface area contributed by atoms with Gasteiger partial charge in [0.1, 0.15) is 0 Å². The van der Waals surface area contributed by atoms with Crippen LogP contribution in [0, 0.1) is 51.2 Å². The van der Waals surface area contributed by atoms with Gasteiger partial charge in [0.15, 0.2) is 0 Å². The van der Waals surface area contributed by atoms with Crippen LogP contribution in [0.15, 0.2) is 24.3 Å². The molecule has 0 saturated heterocycles. The van der Waals surface area contributed by atoms with Crippen LogP contribution < -0.4 is 0 Å². The van der Waals surface area contributed by atoms with Crippen LogP contribution in [0.1, 0.15) is 104 Å². The quantitative estimate of drug-likeness (QED) is 0.339. The lowest BCUT2D eigenvalue weighted by molar-refractivity contribution is -0.227. The summed E-state index contributed by atoms with van der Waals surface area (Å²) in [6.45, 7) is 19.3. The molecule has 2 N–H and O–H groups in total. The van der Waals surface area contributed by atoms with Gasteiger partial charge in [-0.3, -0.25) is 4.79 Å². The Morgan fingerprint density at radius 2 is 1.68 bits per heavy atom. The van der Waals surface area contributed by atoms with Crippen molar-refractivity contribution in [3.8, 4) is 0 Å². The maximum Gasteiger partial charge on any atom is 0.309 e. The maximum atomic E-state index is 13.0. The predicted molar refractivity (Wildman–Crippen MR) is 169 cm³/mol. The number of H-pyrrole nitrogens is 1. The molecule has 2 aromatic rings. The van der Waals surface area contributed by atoms with Crippen LogP contribution in [0.3, 0.4) is 0 Å². The number of aliphatic carboxylic acids is 1. The highest BCUT2D eigenvalue weighted by Crippen LogP contribution is 2.77. The highest BCUT2D eigenvalue weighted by Gasteiger charge is 2.72. The number of benzene rings is 1. The van der Waals surface area contributed by atoms with E-state index in [1.54, 1.807) is 0 Å². The van der Waals surface area contributed by atoms with Crippen molar-refractivity contribution < 1.29 is 9.90 Å². The average molecular weight is 597 g/mol. The summed E-state index contributed by atoms with van der Waals surface area (Å²) in [6, 6.07) is 3.93. The fourth-order valence-electron chi connectivity index (χ4n) is 12.9. The van der Waals surface area contributed by atoms with Gasteiger partial charge < -0.3 is 10.1 Å². The van der Waals surface area contributed by atoms with Gasteiger partial charge in [-0.15, -0.1) is 0 Å². The number of carboxylic acids is 1. The number of halogens is 2. The van der Waals surface area contributed by atoms with Gasteiger partial charge in [-0.25, -0.2) is 0 Å². The van der Waals surface area contributed by atoms with E-state index in [1.807, 2.05) is 12.1 Å². The lowest BCUT2D eigenvalue weighted by Crippen LogP contribution is -2.66. The van der Waals surface area contributed by atoms with Crippen molar-refractivity contribution in [3.05, 3.63) is 45.6 Å². The minimum atomic E-state index is -0.568. The second-order valence-corrected chi connectivity index (χ2v) is 17.2. The van der Waals surface area contributed by atoms with Crippen LogP contribution in [-0.4, -0.2) is 16.1 Å². The Morgan fingerprint density at radius 1 is 0.951 bits per heavy atom. The van der Waals surface area contributed by atoms with Crippen molar-refractivity contribution in [1.29, 1.82) is 0 Å². The molecule has 3 nitrogen and oxygen atoms in total. The van der Waals surface area contributed by atoms with Crippen molar-refractivity contribution in [2.24, 2.45) is 51.2 Å². The Balaban J connectivity index is 1.34. The number of allylic oxidation sites excluding steroid dienone is 1. The number of hydrogen-bond donors (Lipinski definition) is 2. The van der Waals surface area contributed by atoms with E-state index in [1.165, 1.54) is 36.1 Å². The van der Waals surface area contributed by atoms with E-state index in [0.29, 0.717) is 28.7 Å².